The van der Waals surface area contributed by atoms with Crippen LogP contribution in [0.2, 0.25) is 10.0 Å². The third-order valence-electron chi connectivity index (χ3n) is 3.16. The number of halogens is 2. The SMILES string of the molecule is O=C(O)C1CC(O)CN1C(=O)OCc1ccc(Cl)cc1Cl. The van der Waals surface area contributed by atoms with Crippen molar-refractivity contribution in [1.29, 1.82) is 0 Å². The van der Waals surface area contributed by atoms with Gasteiger partial charge in [-0.15, -0.1) is 0 Å². The van der Waals surface area contributed by atoms with Gasteiger partial charge in [0.25, 0.3) is 0 Å². The molecule has 2 N–H and O–H groups in total. The Morgan fingerprint density at radius 3 is 2.71 bits per heavy atom. The molecule has 2 atom stereocenters. The third-order valence-corrected chi connectivity index (χ3v) is 3.75. The maximum absolute atomic E-state index is 11.9. The topological polar surface area (TPSA) is 87.1 Å². The molecule has 1 fully saturated rings. The number of β-amino-alcohol motifs (C(OH)–C–C–N with tert-alkyl or cyclic N) is 1. The molecule has 114 valence electrons. The standard InChI is InChI=1S/C13H13Cl2NO5/c14-8-2-1-7(10(15)3-8)6-21-13(20)16-5-9(17)4-11(16)12(18)19/h1-3,9,11,17H,4-6H2,(H,18,19). The molecule has 0 aromatic heterocycles. The van der Waals surface area contributed by atoms with Gasteiger partial charge in [0, 0.05) is 22.0 Å². The van der Waals surface area contributed by atoms with E-state index in [-0.39, 0.29) is 19.6 Å². The molecule has 2 rings (SSSR count). The molecule has 1 heterocycles. The predicted molar refractivity (Wildman–Crippen MR) is 75.4 cm³/mol. The summed E-state index contributed by atoms with van der Waals surface area (Å²) in [6, 6.07) is 3.67. The number of carboxylic acids is 1. The number of carboxylic acid groups (broad SMARTS) is 1. The highest BCUT2D eigenvalue weighted by molar-refractivity contribution is 6.35. The van der Waals surface area contributed by atoms with E-state index in [1.807, 2.05) is 0 Å². The average Bonchev–Trinajstić information content (AvgIpc) is 2.80. The smallest absolute Gasteiger partial charge is 0.410 e. The Balaban J connectivity index is 1.99. The van der Waals surface area contributed by atoms with Crippen molar-refractivity contribution in [3.63, 3.8) is 0 Å². The van der Waals surface area contributed by atoms with Gasteiger partial charge < -0.3 is 14.9 Å². The number of hydrogen-bond donors (Lipinski definition) is 2. The van der Waals surface area contributed by atoms with E-state index in [0.717, 1.165) is 4.90 Å². The summed E-state index contributed by atoms with van der Waals surface area (Å²) in [4.78, 5) is 23.9. The number of carbonyl (C=O) groups excluding carboxylic acids is 1. The van der Waals surface area contributed by atoms with E-state index in [0.29, 0.717) is 15.6 Å². The second-order valence-electron chi connectivity index (χ2n) is 4.69. The fourth-order valence-electron chi connectivity index (χ4n) is 2.11. The van der Waals surface area contributed by atoms with Crippen LogP contribution in [-0.2, 0) is 16.1 Å². The summed E-state index contributed by atoms with van der Waals surface area (Å²) >= 11 is 11.7. The van der Waals surface area contributed by atoms with Crippen molar-refractivity contribution in [2.45, 2.75) is 25.2 Å². The fraction of sp³-hybridized carbons (Fsp3) is 0.385. The zero-order chi connectivity index (χ0) is 15.6. The van der Waals surface area contributed by atoms with Crippen LogP contribution in [0.3, 0.4) is 0 Å². The summed E-state index contributed by atoms with van der Waals surface area (Å²) in [5.74, 6) is -1.17. The molecule has 0 bridgehead atoms. The molecule has 1 saturated heterocycles. The fourth-order valence-corrected chi connectivity index (χ4v) is 2.57. The Morgan fingerprint density at radius 2 is 2.10 bits per heavy atom. The molecule has 21 heavy (non-hydrogen) atoms. The van der Waals surface area contributed by atoms with Crippen LogP contribution in [-0.4, -0.2) is 45.9 Å². The number of benzene rings is 1. The van der Waals surface area contributed by atoms with E-state index in [1.54, 1.807) is 12.1 Å². The summed E-state index contributed by atoms with van der Waals surface area (Å²) in [6.45, 7) is -0.169. The van der Waals surface area contributed by atoms with Crippen LogP contribution >= 0.6 is 23.2 Å². The Bertz CT molecular complexity index is 565. The maximum Gasteiger partial charge on any atom is 0.410 e. The second-order valence-corrected chi connectivity index (χ2v) is 5.53. The van der Waals surface area contributed by atoms with Crippen molar-refractivity contribution >= 4 is 35.3 Å². The van der Waals surface area contributed by atoms with Gasteiger partial charge in [0.05, 0.1) is 12.6 Å². The summed E-state index contributed by atoms with van der Waals surface area (Å²) in [5, 5.41) is 19.3. The first-order valence-electron chi connectivity index (χ1n) is 6.16. The third kappa shape index (κ3) is 3.78. The zero-order valence-corrected chi connectivity index (χ0v) is 12.3. The number of likely N-dealkylation sites (tertiary alicyclic amines) is 1. The van der Waals surface area contributed by atoms with Crippen LogP contribution in [0.25, 0.3) is 0 Å². The van der Waals surface area contributed by atoms with Gasteiger partial charge in [-0.2, -0.15) is 0 Å². The van der Waals surface area contributed by atoms with Gasteiger partial charge in [0.2, 0.25) is 0 Å². The molecule has 2 unspecified atom stereocenters. The molecular formula is C13H13Cl2NO5. The van der Waals surface area contributed by atoms with Crippen molar-refractivity contribution < 1.29 is 24.5 Å². The molecule has 1 aromatic carbocycles. The van der Waals surface area contributed by atoms with Crippen LogP contribution < -0.4 is 0 Å². The Kier molecular flexibility index (Phi) is 4.92. The molecule has 0 radical (unpaired) electrons. The molecule has 0 saturated carbocycles. The summed E-state index contributed by atoms with van der Waals surface area (Å²) < 4.78 is 5.05. The highest BCUT2D eigenvalue weighted by Crippen LogP contribution is 2.23. The van der Waals surface area contributed by atoms with Crippen LogP contribution in [0.15, 0.2) is 18.2 Å². The highest BCUT2D eigenvalue weighted by Gasteiger charge is 2.39. The average molecular weight is 334 g/mol. The van der Waals surface area contributed by atoms with E-state index in [2.05, 4.69) is 0 Å². The number of aliphatic hydroxyl groups excluding tert-OH is 1. The van der Waals surface area contributed by atoms with E-state index in [9.17, 15) is 14.7 Å². The molecule has 6 nitrogen and oxygen atoms in total. The van der Waals surface area contributed by atoms with Crippen molar-refractivity contribution in [1.82, 2.24) is 4.90 Å². The minimum absolute atomic E-state index is 0.00780. The second kappa shape index (κ2) is 6.51. The number of hydrogen-bond acceptors (Lipinski definition) is 4. The largest absolute Gasteiger partial charge is 0.480 e. The molecule has 1 aliphatic heterocycles. The van der Waals surface area contributed by atoms with Crippen molar-refractivity contribution in [3.8, 4) is 0 Å². The van der Waals surface area contributed by atoms with E-state index in [4.69, 9.17) is 33.0 Å². The molecule has 1 aromatic rings. The number of aliphatic hydroxyl groups is 1. The van der Waals surface area contributed by atoms with Gasteiger partial charge in [0.15, 0.2) is 0 Å². The molecular weight excluding hydrogens is 321 g/mol. The lowest BCUT2D eigenvalue weighted by Gasteiger charge is -2.20. The zero-order valence-electron chi connectivity index (χ0n) is 10.8. The molecule has 1 amide bonds. The van der Waals surface area contributed by atoms with E-state index < -0.39 is 24.2 Å². The van der Waals surface area contributed by atoms with Gasteiger partial charge in [-0.25, -0.2) is 9.59 Å². The predicted octanol–water partition coefficient (Wildman–Crippen LogP) is 2.15. The van der Waals surface area contributed by atoms with Crippen LogP contribution in [0, 0.1) is 0 Å². The molecule has 0 spiro atoms. The summed E-state index contributed by atoms with van der Waals surface area (Å²) in [6.07, 6.45) is -1.67. The van der Waals surface area contributed by atoms with Gasteiger partial charge in [0.1, 0.15) is 12.6 Å². The Morgan fingerprint density at radius 1 is 1.38 bits per heavy atom. The van der Waals surface area contributed by atoms with Crippen molar-refractivity contribution in [3.05, 3.63) is 33.8 Å². The quantitative estimate of drug-likeness (QED) is 0.884. The lowest BCUT2D eigenvalue weighted by Crippen LogP contribution is -2.40. The summed E-state index contributed by atoms with van der Waals surface area (Å²) in [7, 11) is 0. The van der Waals surface area contributed by atoms with Gasteiger partial charge in [-0.05, 0) is 12.1 Å². The first-order chi connectivity index (χ1) is 9.88. The number of ether oxygens (including phenoxy) is 1. The van der Waals surface area contributed by atoms with E-state index >= 15 is 0 Å². The minimum atomic E-state index is -1.17. The van der Waals surface area contributed by atoms with Crippen LogP contribution in [0.1, 0.15) is 12.0 Å². The van der Waals surface area contributed by atoms with Gasteiger partial charge >= 0.3 is 12.1 Å². The van der Waals surface area contributed by atoms with Crippen LogP contribution in [0.5, 0.6) is 0 Å². The first kappa shape index (κ1) is 15.9. The number of nitrogens with zero attached hydrogens (tertiary/aromatic N) is 1. The lowest BCUT2D eigenvalue weighted by molar-refractivity contribution is -0.141. The molecule has 1 aliphatic rings. The van der Waals surface area contributed by atoms with E-state index in [1.165, 1.54) is 6.07 Å². The maximum atomic E-state index is 11.9. The monoisotopic (exact) mass is 333 g/mol. The number of carbonyl (C=O) groups is 2. The number of amides is 1. The molecule has 0 aliphatic carbocycles. The lowest BCUT2D eigenvalue weighted by atomic mass is 10.2. The van der Waals surface area contributed by atoms with Crippen LogP contribution in [0.4, 0.5) is 4.79 Å². The van der Waals surface area contributed by atoms with Gasteiger partial charge in [-0.1, -0.05) is 29.3 Å². The highest BCUT2D eigenvalue weighted by atomic mass is 35.5. The first-order valence-corrected chi connectivity index (χ1v) is 6.92. The molecule has 8 heteroatoms. The normalized spacial score (nSPS) is 21.4. The minimum Gasteiger partial charge on any atom is -0.480 e. The summed E-state index contributed by atoms with van der Waals surface area (Å²) in [5.41, 5.74) is 0.557. The van der Waals surface area contributed by atoms with Gasteiger partial charge in [-0.3, -0.25) is 4.90 Å². The Hall–Kier alpha value is -1.50. The number of rotatable bonds is 3. The van der Waals surface area contributed by atoms with Crippen molar-refractivity contribution in [2.75, 3.05) is 6.54 Å². The Labute approximate surface area is 130 Å². The number of aliphatic carboxylic acids is 1. The van der Waals surface area contributed by atoms with Crippen molar-refractivity contribution in [2.24, 2.45) is 0 Å².